The Morgan fingerprint density at radius 1 is 1.21 bits per heavy atom. The van der Waals surface area contributed by atoms with Crippen LogP contribution < -0.4 is 5.73 Å². The lowest BCUT2D eigenvalue weighted by Crippen LogP contribution is -2.05. The molecule has 2 aromatic heterocycles. The molecule has 0 spiro atoms. The molecule has 0 atom stereocenters. The molecule has 1 aromatic carbocycles. The largest absolute Gasteiger partial charge is 0.383 e. The van der Waals surface area contributed by atoms with Crippen molar-refractivity contribution in [2.24, 2.45) is 7.05 Å². The molecule has 0 aliphatic heterocycles. The monoisotopic (exact) mass is 252 g/mol. The highest BCUT2D eigenvalue weighted by molar-refractivity contribution is 5.75. The van der Waals surface area contributed by atoms with Gasteiger partial charge in [-0.25, -0.2) is 9.97 Å². The average molecular weight is 252 g/mol. The fourth-order valence-electron chi connectivity index (χ4n) is 2.35. The van der Waals surface area contributed by atoms with Gasteiger partial charge in [0, 0.05) is 25.2 Å². The van der Waals surface area contributed by atoms with Crippen molar-refractivity contribution in [1.29, 1.82) is 0 Å². The molecular weight excluding hydrogens is 236 g/mol. The maximum absolute atomic E-state index is 5.97. The minimum absolute atomic E-state index is 0.590. The van der Waals surface area contributed by atoms with Crippen LogP contribution in [0.15, 0.2) is 36.5 Å². The van der Waals surface area contributed by atoms with Crippen molar-refractivity contribution in [1.82, 2.24) is 14.5 Å². The second kappa shape index (κ2) is 4.39. The summed E-state index contributed by atoms with van der Waals surface area (Å²) in [4.78, 5) is 8.83. The van der Waals surface area contributed by atoms with E-state index in [-0.39, 0.29) is 0 Å². The number of rotatable bonds is 2. The average Bonchev–Trinajstić information content (AvgIpc) is 2.72. The van der Waals surface area contributed by atoms with Gasteiger partial charge in [-0.3, -0.25) is 0 Å². The molecule has 96 valence electrons. The van der Waals surface area contributed by atoms with Crippen LogP contribution in [-0.2, 0) is 13.5 Å². The molecule has 0 bridgehead atoms. The summed E-state index contributed by atoms with van der Waals surface area (Å²) >= 11 is 0. The first-order valence-electron chi connectivity index (χ1n) is 6.27. The Kier molecular flexibility index (Phi) is 2.71. The van der Waals surface area contributed by atoms with Crippen molar-refractivity contribution in [3.63, 3.8) is 0 Å². The van der Waals surface area contributed by atoms with Crippen LogP contribution in [0.25, 0.3) is 11.0 Å². The third-order valence-corrected chi connectivity index (χ3v) is 3.54. The van der Waals surface area contributed by atoms with E-state index < -0.39 is 0 Å². The zero-order valence-electron chi connectivity index (χ0n) is 11.1. The highest BCUT2D eigenvalue weighted by atomic mass is 15.1. The maximum Gasteiger partial charge on any atom is 0.127 e. The summed E-state index contributed by atoms with van der Waals surface area (Å²) in [6.07, 6.45) is 2.44. The van der Waals surface area contributed by atoms with Crippen LogP contribution >= 0.6 is 0 Å². The lowest BCUT2D eigenvalue weighted by atomic mass is 10.1. The second-order valence-electron chi connectivity index (χ2n) is 4.74. The minimum atomic E-state index is 0.590. The molecule has 0 saturated carbocycles. The number of hydrogen-bond acceptors (Lipinski definition) is 3. The number of nitrogens with zero attached hydrogens (tertiary/aromatic N) is 3. The number of imidazole rings is 1. The first-order chi connectivity index (χ1) is 9.16. The Morgan fingerprint density at radius 2 is 2.00 bits per heavy atom. The van der Waals surface area contributed by atoms with Crippen LogP contribution in [0.4, 0.5) is 5.82 Å². The molecule has 2 heterocycles. The topological polar surface area (TPSA) is 56.7 Å². The summed E-state index contributed by atoms with van der Waals surface area (Å²) in [5, 5.41) is 0. The normalized spacial score (nSPS) is 11.1. The fraction of sp³-hybridized carbons (Fsp3) is 0.200. The van der Waals surface area contributed by atoms with Crippen molar-refractivity contribution in [2.75, 3.05) is 5.73 Å². The molecule has 3 rings (SSSR count). The van der Waals surface area contributed by atoms with E-state index in [0.717, 1.165) is 28.0 Å². The Bertz CT molecular complexity index is 723. The van der Waals surface area contributed by atoms with Gasteiger partial charge >= 0.3 is 0 Å². The van der Waals surface area contributed by atoms with Crippen molar-refractivity contribution < 1.29 is 0 Å². The zero-order valence-corrected chi connectivity index (χ0v) is 11.1. The fourth-order valence-corrected chi connectivity index (χ4v) is 2.35. The number of aryl methyl sites for hydroxylation is 2. The van der Waals surface area contributed by atoms with Gasteiger partial charge in [-0.1, -0.05) is 12.1 Å². The Hall–Kier alpha value is -2.36. The van der Waals surface area contributed by atoms with Crippen LogP contribution in [0, 0.1) is 6.92 Å². The molecule has 3 aromatic rings. The number of aromatic nitrogens is 3. The summed E-state index contributed by atoms with van der Waals surface area (Å²) in [5.74, 6) is 1.59. The van der Waals surface area contributed by atoms with Gasteiger partial charge in [0.2, 0.25) is 0 Å². The van der Waals surface area contributed by atoms with Gasteiger partial charge in [-0.15, -0.1) is 0 Å². The quantitative estimate of drug-likeness (QED) is 0.762. The summed E-state index contributed by atoms with van der Waals surface area (Å²) in [7, 11) is 2.03. The molecule has 2 N–H and O–H groups in total. The van der Waals surface area contributed by atoms with E-state index in [0.29, 0.717) is 12.2 Å². The number of fused-ring (bicyclic) bond motifs is 1. The van der Waals surface area contributed by atoms with Crippen LogP contribution in [0.1, 0.15) is 17.0 Å². The van der Waals surface area contributed by atoms with Crippen molar-refractivity contribution in [3.05, 3.63) is 53.5 Å². The van der Waals surface area contributed by atoms with E-state index in [1.54, 1.807) is 6.20 Å². The SMILES string of the molecule is Cc1ccnc(N)c1Cc1nc2ccccc2n1C. The lowest BCUT2D eigenvalue weighted by Gasteiger charge is -2.08. The molecule has 0 amide bonds. The number of nitrogen functional groups attached to an aromatic ring is 1. The third kappa shape index (κ3) is 1.95. The summed E-state index contributed by atoms with van der Waals surface area (Å²) in [6.45, 7) is 2.05. The van der Waals surface area contributed by atoms with Crippen molar-refractivity contribution >= 4 is 16.9 Å². The Balaban J connectivity index is 2.09. The third-order valence-electron chi connectivity index (χ3n) is 3.54. The van der Waals surface area contributed by atoms with E-state index in [1.807, 2.05) is 31.3 Å². The van der Waals surface area contributed by atoms with E-state index in [9.17, 15) is 0 Å². The molecule has 4 heteroatoms. The molecular formula is C15H16N4. The first-order valence-corrected chi connectivity index (χ1v) is 6.27. The smallest absolute Gasteiger partial charge is 0.127 e. The molecule has 0 saturated heterocycles. The Labute approximate surface area is 111 Å². The second-order valence-corrected chi connectivity index (χ2v) is 4.74. The molecule has 0 fully saturated rings. The number of hydrogen-bond donors (Lipinski definition) is 1. The van der Waals surface area contributed by atoms with E-state index in [2.05, 4.69) is 27.5 Å². The molecule has 0 aliphatic carbocycles. The predicted octanol–water partition coefficient (Wildman–Crippen LogP) is 2.45. The van der Waals surface area contributed by atoms with Crippen LogP contribution in [-0.4, -0.2) is 14.5 Å². The van der Waals surface area contributed by atoms with Crippen LogP contribution in [0.2, 0.25) is 0 Å². The van der Waals surface area contributed by atoms with Gasteiger partial charge in [-0.2, -0.15) is 0 Å². The van der Waals surface area contributed by atoms with Crippen molar-refractivity contribution in [3.8, 4) is 0 Å². The summed E-state index contributed by atoms with van der Waals surface area (Å²) < 4.78 is 2.11. The van der Waals surface area contributed by atoms with E-state index >= 15 is 0 Å². The maximum atomic E-state index is 5.97. The zero-order chi connectivity index (χ0) is 13.4. The first kappa shape index (κ1) is 11.7. The summed E-state index contributed by atoms with van der Waals surface area (Å²) in [6, 6.07) is 10.1. The predicted molar refractivity (Wildman–Crippen MR) is 76.9 cm³/mol. The van der Waals surface area contributed by atoms with Gasteiger partial charge in [-0.05, 0) is 30.7 Å². The highest BCUT2D eigenvalue weighted by Crippen LogP contribution is 2.21. The van der Waals surface area contributed by atoms with Gasteiger partial charge in [0.15, 0.2) is 0 Å². The number of pyridine rings is 1. The molecule has 0 radical (unpaired) electrons. The number of benzene rings is 1. The standard InChI is InChI=1S/C15H16N4/c1-10-7-8-17-15(16)11(10)9-14-18-12-5-3-4-6-13(12)19(14)2/h3-8H,9H2,1-2H3,(H2,16,17). The van der Waals surface area contributed by atoms with E-state index in [4.69, 9.17) is 5.73 Å². The van der Waals surface area contributed by atoms with Gasteiger partial charge in [0.25, 0.3) is 0 Å². The van der Waals surface area contributed by atoms with E-state index in [1.165, 1.54) is 0 Å². The van der Waals surface area contributed by atoms with Crippen molar-refractivity contribution in [2.45, 2.75) is 13.3 Å². The van der Waals surface area contributed by atoms with Crippen LogP contribution in [0.3, 0.4) is 0 Å². The lowest BCUT2D eigenvalue weighted by molar-refractivity contribution is 0.841. The van der Waals surface area contributed by atoms with Gasteiger partial charge < -0.3 is 10.3 Å². The summed E-state index contributed by atoms with van der Waals surface area (Å²) in [5.41, 5.74) is 10.3. The molecule has 19 heavy (non-hydrogen) atoms. The Morgan fingerprint density at radius 3 is 2.74 bits per heavy atom. The molecule has 0 unspecified atom stereocenters. The minimum Gasteiger partial charge on any atom is -0.383 e. The molecule has 4 nitrogen and oxygen atoms in total. The van der Waals surface area contributed by atoms with Gasteiger partial charge in [0.1, 0.15) is 11.6 Å². The van der Waals surface area contributed by atoms with Crippen LogP contribution in [0.5, 0.6) is 0 Å². The number of para-hydroxylation sites is 2. The van der Waals surface area contributed by atoms with Gasteiger partial charge in [0.05, 0.1) is 11.0 Å². The number of anilines is 1. The molecule has 0 aliphatic rings. The number of nitrogens with two attached hydrogens (primary N) is 1. The highest BCUT2D eigenvalue weighted by Gasteiger charge is 2.11.